The number of carbonyl (C=O) groups excluding carboxylic acids is 2. The molecular weight excluding hydrogens is 314 g/mol. The summed E-state index contributed by atoms with van der Waals surface area (Å²) < 4.78 is 5.85. The third kappa shape index (κ3) is 5.32. The van der Waals surface area contributed by atoms with E-state index in [4.69, 9.17) is 4.74 Å². The first-order chi connectivity index (χ1) is 12.0. The van der Waals surface area contributed by atoms with Crippen molar-refractivity contribution in [3.63, 3.8) is 0 Å². The van der Waals surface area contributed by atoms with Crippen molar-refractivity contribution >= 4 is 11.9 Å². The highest BCUT2D eigenvalue weighted by molar-refractivity contribution is 6.07. The summed E-state index contributed by atoms with van der Waals surface area (Å²) >= 11 is 0. The number of carbonyl (C=O) groups is 2. The molecule has 0 N–H and O–H groups in total. The van der Waals surface area contributed by atoms with E-state index in [9.17, 15) is 9.59 Å². The lowest BCUT2D eigenvalue weighted by Crippen LogP contribution is -2.42. The lowest BCUT2D eigenvalue weighted by Gasteiger charge is -2.33. The Morgan fingerprint density at radius 3 is 2.16 bits per heavy atom. The summed E-state index contributed by atoms with van der Waals surface area (Å²) in [6.07, 6.45) is 8.54. The SMILES string of the molecule is CCCCCC1(CCC)OC(=O)C(C)=C1C(=O)N(CCC)CCCC. The van der Waals surface area contributed by atoms with Crippen LogP contribution in [-0.2, 0) is 14.3 Å². The molecule has 1 heterocycles. The normalized spacial score (nSPS) is 20.1. The zero-order valence-electron chi connectivity index (χ0n) is 17.0. The van der Waals surface area contributed by atoms with Crippen molar-refractivity contribution in [2.75, 3.05) is 13.1 Å². The van der Waals surface area contributed by atoms with E-state index in [1.807, 2.05) is 4.90 Å². The molecule has 0 aliphatic carbocycles. The van der Waals surface area contributed by atoms with Crippen molar-refractivity contribution in [3.05, 3.63) is 11.1 Å². The van der Waals surface area contributed by atoms with Crippen LogP contribution in [0.3, 0.4) is 0 Å². The van der Waals surface area contributed by atoms with Crippen LogP contribution in [0.15, 0.2) is 11.1 Å². The maximum atomic E-state index is 13.4. The summed E-state index contributed by atoms with van der Waals surface area (Å²) in [6, 6.07) is 0. The predicted octanol–water partition coefficient (Wildman–Crippen LogP) is 5.02. The van der Waals surface area contributed by atoms with E-state index in [0.29, 0.717) is 11.1 Å². The van der Waals surface area contributed by atoms with Gasteiger partial charge in [-0.1, -0.05) is 53.4 Å². The number of amides is 1. The molecule has 144 valence electrons. The molecule has 1 aliphatic heterocycles. The molecule has 1 rings (SSSR count). The van der Waals surface area contributed by atoms with Gasteiger partial charge in [0.2, 0.25) is 0 Å². The topological polar surface area (TPSA) is 46.6 Å². The molecule has 1 aliphatic rings. The van der Waals surface area contributed by atoms with E-state index in [1.165, 1.54) is 0 Å². The minimum absolute atomic E-state index is 0.0172. The van der Waals surface area contributed by atoms with Crippen molar-refractivity contribution in [3.8, 4) is 0 Å². The Labute approximate surface area is 154 Å². The first-order valence-electron chi connectivity index (χ1n) is 10.2. The van der Waals surface area contributed by atoms with Gasteiger partial charge >= 0.3 is 5.97 Å². The molecule has 0 aromatic carbocycles. The number of nitrogens with zero attached hydrogens (tertiary/aromatic N) is 1. The molecule has 0 aromatic heterocycles. The highest BCUT2D eigenvalue weighted by Gasteiger charge is 2.49. The van der Waals surface area contributed by atoms with Crippen molar-refractivity contribution in [2.24, 2.45) is 0 Å². The lowest BCUT2D eigenvalue weighted by molar-refractivity contribution is -0.149. The van der Waals surface area contributed by atoms with Gasteiger partial charge < -0.3 is 9.64 Å². The monoisotopic (exact) mass is 351 g/mol. The standard InChI is InChI=1S/C21H37NO3/c1-6-10-12-14-21(13-8-3)18(17(5)20(24)25-21)19(23)22(15-9-4)16-11-7-2/h6-16H2,1-5H3. The van der Waals surface area contributed by atoms with E-state index < -0.39 is 5.60 Å². The van der Waals surface area contributed by atoms with Crippen LogP contribution >= 0.6 is 0 Å². The van der Waals surface area contributed by atoms with Crippen LogP contribution in [-0.4, -0.2) is 35.5 Å². The molecule has 0 fully saturated rings. The molecule has 0 aromatic rings. The van der Waals surface area contributed by atoms with E-state index in [0.717, 1.165) is 70.9 Å². The minimum Gasteiger partial charge on any atom is -0.451 e. The van der Waals surface area contributed by atoms with E-state index in [-0.39, 0.29) is 11.9 Å². The second-order valence-electron chi connectivity index (χ2n) is 7.24. The number of cyclic esters (lactones) is 1. The third-order valence-electron chi connectivity index (χ3n) is 5.04. The van der Waals surface area contributed by atoms with E-state index in [2.05, 4.69) is 27.7 Å². The summed E-state index contributed by atoms with van der Waals surface area (Å²) in [5.41, 5.74) is 0.452. The molecule has 1 amide bonds. The van der Waals surface area contributed by atoms with Gasteiger partial charge in [0, 0.05) is 18.7 Å². The lowest BCUT2D eigenvalue weighted by atomic mass is 9.82. The van der Waals surface area contributed by atoms with Crippen molar-refractivity contribution in [1.29, 1.82) is 0 Å². The zero-order chi connectivity index (χ0) is 18.9. The van der Waals surface area contributed by atoms with Gasteiger partial charge in [0.15, 0.2) is 0 Å². The van der Waals surface area contributed by atoms with Gasteiger partial charge in [0.25, 0.3) is 5.91 Å². The number of rotatable bonds is 12. The Kier molecular flexibility index (Phi) is 9.23. The second kappa shape index (κ2) is 10.6. The fraction of sp³-hybridized carbons (Fsp3) is 0.810. The van der Waals surface area contributed by atoms with Crippen molar-refractivity contribution in [2.45, 2.75) is 98.0 Å². The first kappa shape index (κ1) is 21.7. The Morgan fingerprint density at radius 1 is 0.920 bits per heavy atom. The number of hydrogen-bond acceptors (Lipinski definition) is 3. The van der Waals surface area contributed by atoms with Gasteiger partial charge in [0.05, 0.1) is 5.57 Å². The summed E-state index contributed by atoms with van der Waals surface area (Å²) in [4.78, 5) is 27.6. The maximum Gasteiger partial charge on any atom is 0.335 e. The van der Waals surface area contributed by atoms with Crippen LogP contribution in [0.2, 0.25) is 0 Å². The first-order valence-corrected chi connectivity index (χ1v) is 10.2. The zero-order valence-corrected chi connectivity index (χ0v) is 17.0. The van der Waals surface area contributed by atoms with E-state index in [1.54, 1.807) is 6.92 Å². The number of ether oxygens (including phenoxy) is 1. The van der Waals surface area contributed by atoms with Crippen LogP contribution in [0.4, 0.5) is 0 Å². The molecule has 4 nitrogen and oxygen atoms in total. The Balaban J connectivity index is 3.16. The fourth-order valence-electron chi connectivity index (χ4n) is 3.74. The molecule has 4 heteroatoms. The smallest absolute Gasteiger partial charge is 0.335 e. The van der Waals surface area contributed by atoms with Gasteiger partial charge in [-0.15, -0.1) is 0 Å². The van der Waals surface area contributed by atoms with Crippen LogP contribution in [0.25, 0.3) is 0 Å². The molecule has 0 bridgehead atoms. The fourth-order valence-corrected chi connectivity index (χ4v) is 3.74. The molecule has 25 heavy (non-hydrogen) atoms. The summed E-state index contributed by atoms with van der Waals surface area (Å²) in [7, 11) is 0. The molecular formula is C21H37NO3. The largest absolute Gasteiger partial charge is 0.451 e. The quantitative estimate of drug-likeness (QED) is 0.366. The van der Waals surface area contributed by atoms with Crippen LogP contribution in [0.5, 0.6) is 0 Å². The number of hydrogen-bond donors (Lipinski definition) is 0. The number of esters is 1. The molecule has 1 unspecified atom stereocenters. The second-order valence-corrected chi connectivity index (χ2v) is 7.24. The summed E-state index contributed by atoms with van der Waals surface area (Å²) in [6.45, 7) is 11.7. The Morgan fingerprint density at radius 2 is 1.60 bits per heavy atom. The number of unbranched alkanes of at least 4 members (excludes halogenated alkanes) is 3. The minimum atomic E-state index is -0.708. The van der Waals surface area contributed by atoms with Crippen LogP contribution in [0, 0.1) is 0 Å². The Bertz CT molecular complexity index is 484. The van der Waals surface area contributed by atoms with Gasteiger partial charge in [-0.2, -0.15) is 0 Å². The highest BCUT2D eigenvalue weighted by atomic mass is 16.6. The molecule has 0 saturated carbocycles. The Hall–Kier alpha value is -1.32. The maximum absolute atomic E-state index is 13.4. The molecule has 0 saturated heterocycles. The van der Waals surface area contributed by atoms with E-state index >= 15 is 0 Å². The highest BCUT2D eigenvalue weighted by Crippen LogP contribution is 2.41. The van der Waals surface area contributed by atoms with Crippen LogP contribution in [0.1, 0.15) is 92.4 Å². The average molecular weight is 352 g/mol. The molecule has 0 spiro atoms. The molecule has 1 atom stereocenters. The molecule has 0 radical (unpaired) electrons. The summed E-state index contributed by atoms with van der Waals surface area (Å²) in [5.74, 6) is -0.288. The predicted molar refractivity (Wildman–Crippen MR) is 102 cm³/mol. The van der Waals surface area contributed by atoms with Crippen LogP contribution < -0.4 is 0 Å². The van der Waals surface area contributed by atoms with Gasteiger partial charge in [-0.05, 0) is 39.0 Å². The van der Waals surface area contributed by atoms with Gasteiger partial charge in [-0.3, -0.25) is 4.79 Å². The summed E-state index contributed by atoms with van der Waals surface area (Å²) in [5, 5.41) is 0. The van der Waals surface area contributed by atoms with Crippen molar-refractivity contribution < 1.29 is 14.3 Å². The van der Waals surface area contributed by atoms with Gasteiger partial charge in [0.1, 0.15) is 5.60 Å². The average Bonchev–Trinajstić information content (AvgIpc) is 2.82. The third-order valence-corrected chi connectivity index (χ3v) is 5.04. The van der Waals surface area contributed by atoms with Gasteiger partial charge in [-0.25, -0.2) is 4.79 Å². The van der Waals surface area contributed by atoms with Crippen molar-refractivity contribution in [1.82, 2.24) is 4.90 Å².